The fraction of sp³-hybridized carbons (Fsp3) is 0.300. The maximum Gasteiger partial charge on any atom is 0.262 e. The molecule has 8 heteroatoms. The first-order valence-corrected chi connectivity index (χ1v) is 9.34. The van der Waals surface area contributed by atoms with Crippen LogP contribution in [-0.2, 0) is 4.79 Å². The normalized spacial score (nSPS) is 17.8. The molecular formula is C20H19ClN2O5. The second-order valence-electron chi connectivity index (χ2n) is 6.44. The standard InChI is InChI=1S/C20H19ClN2O5/c1-22-19(24)17-11-23(14-5-2-3-6-15(14)28-17)20(25)12-9-13(21)18-16(10-12)26-7-4-8-27-18/h2-3,5-6,9-10,17H,4,7-8,11H2,1H3,(H,22,24)/t17-/m1/s1. The molecule has 0 saturated heterocycles. The van der Waals surface area contributed by atoms with E-state index >= 15 is 0 Å². The minimum atomic E-state index is -0.806. The van der Waals surface area contributed by atoms with Gasteiger partial charge in [0.05, 0.1) is 30.5 Å². The molecule has 146 valence electrons. The van der Waals surface area contributed by atoms with Gasteiger partial charge in [-0.25, -0.2) is 0 Å². The lowest BCUT2D eigenvalue weighted by molar-refractivity contribution is -0.127. The van der Waals surface area contributed by atoms with Crippen LogP contribution >= 0.6 is 11.6 Å². The van der Waals surface area contributed by atoms with Crippen LogP contribution < -0.4 is 24.4 Å². The van der Waals surface area contributed by atoms with Gasteiger partial charge >= 0.3 is 0 Å². The lowest BCUT2D eigenvalue weighted by Crippen LogP contribution is -2.50. The molecule has 28 heavy (non-hydrogen) atoms. The number of anilines is 1. The van der Waals surface area contributed by atoms with Gasteiger partial charge in [0.15, 0.2) is 17.6 Å². The van der Waals surface area contributed by atoms with Crippen LogP contribution in [0, 0.1) is 0 Å². The second kappa shape index (κ2) is 7.59. The molecule has 1 atom stereocenters. The molecule has 0 spiro atoms. The molecule has 1 N–H and O–H groups in total. The van der Waals surface area contributed by atoms with Crippen molar-refractivity contribution >= 4 is 29.1 Å². The molecule has 2 amide bonds. The number of benzene rings is 2. The van der Waals surface area contributed by atoms with Gasteiger partial charge in [0.25, 0.3) is 11.8 Å². The topological polar surface area (TPSA) is 77.1 Å². The molecule has 2 aromatic carbocycles. The smallest absolute Gasteiger partial charge is 0.262 e. The van der Waals surface area contributed by atoms with E-state index in [4.69, 9.17) is 25.8 Å². The number of carbonyl (C=O) groups excluding carboxylic acids is 2. The fourth-order valence-electron chi connectivity index (χ4n) is 3.23. The number of rotatable bonds is 2. The summed E-state index contributed by atoms with van der Waals surface area (Å²) in [5.41, 5.74) is 0.942. The Kier molecular flexibility index (Phi) is 5.00. The van der Waals surface area contributed by atoms with Crippen molar-refractivity contribution in [1.82, 2.24) is 5.32 Å². The van der Waals surface area contributed by atoms with Crippen molar-refractivity contribution < 1.29 is 23.8 Å². The highest BCUT2D eigenvalue weighted by Gasteiger charge is 2.34. The number of carbonyl (C=O) groups is 2. The number of hydrogen-bond donors (Lipinski definition) is 1. The first-order chi connectivity index (χ1) is 13.6. The molecule has 2 aliphatic heterocycles. The van der Waals surface area contributed by atoms with E-state index in [1.54, 1.807) is 30.3 Å². The Labute approximate surface area is 167 Å². The SMILES string of the molecule is CNC(=O)[C@H]1CN(C(=O)c2cc(Cl)c3c(c2)OCCCO3)c2ccccc2O1. The molecule has 0 unspecified atom stereocenters. The third kappa shape index (κ3) is 3.33. The highest BCUT2D eigenvalue weighted by molar-refractivity contribution is 6.33. The van der Waals surface area contributed by atoms with E-state index in [9.17, 15) is 9.59 Å². The molecule has 2 aliphatic rings. The van der Waals surface area contributed by atoms with Gasteiger partial charge in [-0.2, -0.15) is 0 Å². The van der Waals surface area contributed by atoms with E-state index in [-0.39, 0.29) is 18.4 Å². The molecule has 0 aliphatic carbocycles. The summed E-state index contributed by atoms with van der Waals surface area (Å²) in [6.07, 6.45) is -0.0707. The van der Waals surface area contributed by atoms with Crippen LogP contribution in [-0.4, -0.2) is 44.7 Å². The van der Waals surface area contributed by atoms with Gasteiger partial charge in [0.1, 0.15) is 5.75 Å². The monoisotopic (exact) mass is 402 g/mol. The Morgan fingerprint density at radius 3 is 2.75 bits per heavy atom. The van der Waals surface area contributed by atoms with Crippen LogP contribution in [0.1, 0.15) is 16.8 Å². The number of fused-ring (bicyclic) bond motifs is 2. The Hall–Kier alpha value is -2.93. The number of likely N-dealkylation sites (N-methyl/N-ethyl adjacent to an activating group) is 1. The van der Waals surface area contributed by atoms with E-state index < -0.39 is 6.10 Å². The van der Waals surface area contributed by atoms with Crippen molar-refractivity contribution in [2.45, 2.75) is 12.5 Å². The Balaban J connectivity index is 1.72. The lowest BCUT2D eigenvalue weighted by atomic mass is 10.1. The molecule has 0 saturated carbocycles. The number of nitrogens with zero attached hydrogens (tertiary/aromatic N) is 1. The zero-order chi connectivity index (χ0) is 19.7. The van der Waals surface area contributed by atoms with E-state index in [0.717, 1.165) is 6.42 Å². The van der Waals surface area contributed by atoms with Crippen LogP contribution in [0.5, 0.6) is 17.2 Å². The Bertz CT molecular complexity index is 933. The third-order valence-corrected chi connectivity index (χ3v) is 4.89. The van der Waals surface area contributed by atoms with Gasteiger partial charge in [-0.1, -0.05) is 23.7 Å². The van der Waals surface area contributed by atoms with Crippen LogP contribution in [0.15, 0.2) is 36.4 Å². The maximum atomic E-state index is 13.3. The highest BCUT2D eigenvalue weighted by Crippen LogP contribution is 2.40. The second-order valence-corrected chi connectivity index (χ2v) is 6.85. The summed E-state index contributed by atoms with van der Waals surface area (Å²) >= 11 is 6.34. The molecule has 4 rings (SSSR count). The molecule has 0 bridgehead atoms. The number of para-hydroxylation sites is 2. The number of amides is 2. The van der Waals surface area contributed by atoms with Crippen molar-refractivity contribution in [2.75, 3.05) is 31.7 Å². The van der Waals surface area contributed by atoms with Gasteiger partial charge in [-0.3, -0.25) is 9.59 Å². The summed E-state index contributed by atoms with van der Waals surface area (Å²) in [5.74, 6) is 0.751. The Morgan fingerprint density at radius 2 is 1.93 bits per heavy atom. The first-order valence-electron chi connectivity index (χ1n) is 8.97. The molecule has 0 fully saturated rings. The van der Waals surface area contributed by atoms with Crippen molar-refractivity contribution in [3.63, 3.8) is 0 Å². The van der Waals surface area contributed by atoms with E-state index in [1.165, 1.54) is 11.9 Å². The number of ether oxygens (including phenoxy) is 3. The highest BCUT2D eigenvalue weighted by atomic mass is 35.5. The number of nitrogens with one attached hydrogen (secondary N) is 1. The van der Waals surface area contributed by atoms with Gasteiger partial charge in [-0.15, -0.1) is 0 Å². The fourth-order valence-corrected chi connectivity index (χ4v) is 3.50. The average molecular weight is 403 g/mol. The van der Waals surface area contributed by atoms with Crippen LogP contribution in [0.3, 0.4) is 0 Å². The third-order valence-electron chi connectivity index (χ3n) is 4.61. The number of hydrogen-bond acceptors (Lipinski definition) is 5. The predicted octanol–water partition coefficient (Wildman–Crippen LogP) is 2.66. The summed E-state index contributed by atoms with van der Waals surface area (Å²) in [5, 5.41) is 2.87. The summed E-state index contributed by atoms with van der Waals surface area (Å²) in [7, 11) is 1.53. The summed E-state index contributed by atoms with van der Waals surface area (Å²) in [6.45, 7) is 1.08. The molecular weight excluding hydrogens is 384 g/mol. The average Bonchev–Trinajstić information content (AvgIpc) is 2.97. The van der Waals surface area contributed by atoms with E-state index in [0.29, 0.717) is 46.7 Å². The lowest BCUT2D eigenvalue weighted by Gasteiger charge is -2.34. The van der Waals surface area contributed by atoms with Gasteiger partial charge in [0.2, 0.25) is 0 Å². The Morgan fingerprint density at radius 1 is 1.14 bits per heavy atom. The summed E-state index contributed by atoms with van der Waals surface area (Å²) < 4.78 is 17.1. The van der Waals surface area contributed by atoms with Crippen LogP contribution in [0.4, 0.5) is 5.69 Å². The molecule has 0 radical (unpaired) electrons. The van der Waals surface area contributed by atoms with Crippen molar-refractivity contribution in [3.05, 3.63) is 47.0 Å². The molecule has 0 aromatic heterocycles. The molecule has 2 heterocycles. The number of halogens is 1. The van der Waals surface area contributed by atoms with Crippen molar-refractivity contribution in [1.29, 1.82) is 0 Å². The summed E-state index contributed by atoms with van der Waals surface area (Å²) in [4.78, 5) is 27.0. The van der Waals surface area contributed by atoms with Crippen molar-refractivity contribution in [2.24, 2.45) is 0 Å². The van der Waals surface area contributed by atoms with E-state index in [1.807, 2.05) is 6.07 Å². The van der Waals surface area contributed by atoms with E-state index in [2.05, 4.69) is 5.32 Å². The first kappa shape index (κ1) is 18.4. The van der Waals surface area contributed by atoms with Crippen molar-refractivity contribution in [3.8, 4) is 17.2 Å². The van der Waals surface area contributed by atoms with Gasteiger partial charge < -0.3 is 24.4 Å². The maximum absolute atomic E-state index is 13.3. The van der Waals surface area contributed by atoms with Gasteiger partial charge in [-0.05, 0) is 24.3 Å². The quantitative estimate of drug-likeness (QED) is 0.835. The molecule has 2 aromatic rings. The zero-order valence-corrected chi connectivity index (χ0v) is 16.0. The van der Waals surface area contributed by atoms with Gasteiger partial charge in [0, 0.05) is 19.0 Å². The van der Waals surface area contributed by atoms with Crippen LogP contribution in [0.2, 0.25) is 5.02 Å². The van der Waals surface area contributed by atoms with Crippen LogP contribution in [0.25, 0.3) is 0 Å². The predicted molar refractivity (Wildman–Crippen MR) is 104 cm³/mol. The summed E-state index contributed by atoms with van der Waals surface area (Å²) in [6, 6.07) is 10.3. The molecule has 7 nitrogen and oxygen atoms in total. The minimum Gasteiger partial charge on any atom is -0.489 e. The largest absolute Gasteiger partial charge is 0.489 e. The zero-order valence-electron chi connectivity index (χ0n) is 15.2. The minimum absolute atomic E-state index is 0.0849.